The van der Waals surface area contributed by atoms with Crippen LogP contribution in [0.1, 0.15) is 0 Å². The molecule has 0 radical (unpaired) electrons. The Bertz CT molecular complexity index is 504. The Morgan fingerprint density at radius 2 is 1.18 bits per heavy atom. The Balaban J connectivity index is 0.00000108. The highest BCUT2D eigenvalue weighted by Crippen LogP contribution is 2.50. The maximum atomic E-state index is 2.25. The quantitative estimate of drug-likeness (QED) is 0.503. The second kappa shape index (κ2) is 4.63. The van der Waals surface area contributed by atoms with Gasteiger partial charge in [-0.2, -0.15) is 0 Å². The molecule has 1 heterocycles. The average Bonchev–Trinajstić information content (AvgIpc) is 2.29. The average molecular weight is 355 g/mol. The van der Waals surface area contributed by atoms with Crippen LogP contribution >= 0.6 is 11.8 Å². The van der Waals surface area contributed by atoms with E-state index in [0.29, 0.717) is 0 Å². The van der Waals surface area contributed by atoms with Gasteiger partial charge in [-0.25, -0.2) is 0 Å². The standard InChI is InChI=1S/C14H14NS.HI/c1-15(2)11-7-3-5-9-13(11)16-14-10-6-4-8-12(14)15;/h3-10H,1-2H3;1H/q+1;/p-1. The van der Waals surface area contributed by atoms with Gasteiger partial charge < -0.3 is 24.0 Å². The molecule has 3 heteroatoms. The first-order valence-electron chi connectivity index (χ1n) is 5.40. The van der Waals surface area contributed by atoms with Crippen LogP contribution in [0.5, 0.6) is 0 Å². The predicted octanol–water partition coefficient (Wildman–Crippen LogP) is 1.05. The van der Waals surface area contributed by atoms with Gasteiger partial charge in [0.2, 0.25) is 0 Å². The van der Waals surface area contributed by atoms with Crippen molar-refractivity contribution in [3.05, 3.63) is 48.5 Å². The number of halogens is 1. The fourth-order valence-corrected chi connectivity index (χ4v) is 3.59. The van der Waals surface area contributed by atoms with E-state index in [2.05, 4.69) is 62.6 Å². The van der Waals surface area contributed by atoms with Crippen LogP contribution in [0.2, 0.25) is 0 Å². The molecule has 2 aromatic carbocycles. The number of para-hydroxylation sites is 2. The molecule has 17 heavy (non-hydrogen) atoms. The summed E-state index contributed by atoms with van der Waals surface area (Å²) in [5.74, 6) is 0. The van der Waals surface area contributed by atoms with Gasteiger partial charge in [0.15, 0.2) is 11.4 Å². The van der Waals surface area contributed by atoms with E-state index in [1.54, 1.807) is 0 Å². The Hall–Kier alpha value is -0.520. The van der Waals surface area contributed by atoms with Crippen LogP contribution in [0.3, 0.4) is 0 Å². The molecule has 0 aromatic heterocycles. The van der Waals surface area contributed by atoms with E-state index in [1.807, 2.05) is 11.8 Å². The molecule has 0 saturated heterocycles. The van der Waals surface area contributed by atoms with Gasteiger partial charge in [-0.3, -0.25) is 4.48 Å². The number of nitrogens with zero attached hydrogens (tertiary/aromatic N) is 1. The van der Waals surface area contributed by atoms with Gasteiger partial charge in [0, 0.05) is 12.1 Å². The van der Waals surface area contributed by atoms with E-state index in [9.17, 15) is 0 Å². The number of benzene rings is 2. The lowest BCUT2D eigenvalue weighted by atomic mass is 10.2. The third kappa shape index (κ3) is 2.00. The van der Waals surface area contributed by atoms with Gasteiger partial charge in [0.1, 0.15) is 0 Å². The molecule has 1 nitrogen and oxygen atoms in total. The molecular weight excluding hydrogens is 341 g/mol. The summed E-state index contributed by atoms with van der Waals surface area (Å²) in [6.07, 6.45) is 0. The molecule has 0 unspecified atom stereocenters. The minimum atomic E-state index is 0. The van der Waals surface area contributed by atoms with E-state index < -0.39 is 0 Å². The van der Waals surface area contributed by atoms with Gasteiger partial charge in [-0.1, -0.05) is 36.0 Å². The van der Waals surface area contributed by atoms with Crippen LogP contribution < -0.4 is 28.5 Å². The lowest BCUT2D eigenvalue weighted by molar-refractivity contribution is -0.00000319. The summed E-state index contributed by atoms with van der Waals surface area (Å²) in [6.45, 7) is 0. The first kappa shape index (κ1) is 12.9. The van der Waals surface area contributed by atoms with Crippen molar-refractivity contribution < 1.29 is 24.0 Å². The Labute approximate surface area is 123 Å². The summed E-state index contributed by atoms with van der Waals surface area (Å²) in [5.41, 5.74) is 2.76. The third-order valence-corrected chi connectivity index (χ3v) is 4.29. The summed E-state index contributed by atoms with van der Waals surface area (Å²) in [7, 11) is 4.49. The van der Waals surface area contributed by atoms with Gasteiger partial charge in [0.05, 0.1) is 23.9 Å². The van der Waals surface area contributed by atoms with Gasteiger partial charge in [0.25, 0.3) is 0 Å². The molecule has 0 N–H and O–H groups in total. The molecule has 0 fully saturated rings. The Morgan fingerprint density at radius 1 is 0.765 bits per heavy atom. The first-order chi connectivity index (χ1) is 7.69. The van der Waals surface area contributed by atoms with Crippen molar-refractivity contribution in [1.29, 1.82) is 0 Å². The number of hydrogen-bond donors (Lipinski definition) is 0. The molecule has 1 aliphatic rings. The van der Waals surface area contributed by atoms with Crippen LogP contribution in [0.15, 0.2) is 58.3 Å². The first-order valence-corrected chi connectivity index (χ1v) is 6.22. The summed E-state index contributed by atoms with van der Waals surface area (Å²) in [5, 5.41) is 0. The predicted molar refractivity (Wildman–Crippen MR) is 70.3 cm³/mol. The summed E-state index contributed by atoms with van der Waals surface area (Å²) in [4.78, 5) is 2.73. The van der Waals surface area contributed by atoms with Crippen LogP contribution in [0, 0.1) is 0 Å². The van der Waals surface area contributed by atoms with Crippen molar-refractivity contribution in [2.24, 2.45) is 0 Å². The zero-order valence-corrected chi connectivity index (χ0v) is 12.8. The maximum absolute atomic E-state index is 2.25. The van der Waals surface area contributed by atoms with Crippen molar-refractivity contribution in [2.45, 2.75) is 9.79 Å². The van der Waals surface area contributed by atoms with Crippen molar-refractivity contribution in [2.75, 3.05) is 14.1 Å². The number of rotatable bonds is 0. The fourth-order valence-electron chi connectivity index (χ4n) is 2.26. The zero-order chi connectivity index (χ0) is 11.2. The highest BCUT2D eigenvalue weighted by atomic mass is 127. The van der Waals surface area contributed by atoms with Gasteiger partial charge >= 0.3 is 0 Å². The van der Waals surface area contributed by atoms with Gasteiger partial charge in [-0.05, 0) is 12.1 Å². The summed E-state index contributed by atoms with van der Waals surface area (Å²) >= 11 is 1.87. The minimum Gasteiger partial charge on any atom is -1.00 e. The molecule has 88 valence electrons. The number of quaternary nitrogens is 1. The van der Waals surface area contributed by atoms with Crippen LogP contribution in [0.25, 0.3) is 0 Å². The van der Waals surface area contributed by atoms with Crippen molar-refractivity contribution >= 4 is 23.1 Å². The lowest BCUT2D eigenvalue weighted by Crippen LogP contribution is -3.00. The maximum Gasteiger partial charge on any atom is 0.151 e. The smallest absolute Gasteiger partial charge is 0.151 e. The largest absolute Gasteiger partial charge is 1.00 e. The van der Waals surface area contributed by atoms with Gasteiger partial charge in [-0.15, -0.1) is 0 Å². The minimum absolute atomic E-state index is 0. The number of hydrogen-bond acceptors (Lipinski definition) is 1. The monoisotopic (exact) mass is 355 g/mol. The summed E-state index contributed by atoms with van der Waals surface area (Å²) in [6, 6.07) is 17.3. The SMILES string of the molecule is C[N+]1(C)c2ccccc2Sc2ccccc21.[I-]. The van der Waals surface area contributed by atoms with E-state index >= 15 is 0 Å². The molecule has 0 saturated carbocycles. The zero-order valence-electron chi connectivity index (χ0n) is 9.85. The highest BCUT2D eigenvalue weighted by Gasteiger charge is 2.33. The topological polar surface area (TPSA) is 0 Å². The number of fused-ring (bicyclic) bond motifs is 2. The normalized spacial score (nSPS) is 15.4. The fraction of sp³-hybridized carbons (Fsp3) is 0.143. The Kier molecular flexibility index (Phi) is 3.52. The summed E-state index contributed by atoms with van der Waals surface area (Å²) < 4.78 is 0.833. The molecule has 1 aliphatic heterocycles. The van der Waals surface area contributed by atoms with Crippen LogP contribution in [-0.4, -0.2) is 14.1 Å². The molecule has 3 rings (SSSR count). The van der Waals surface area contributed by atoms with E-state index in [-0.39, 0.29) is 24.0 Å². The second-order valence-corrected chi connectivity index (χ2v) is 5.57. The molecule has 0 amide bonds. The molecule has 0 spiro atoms. The Morgan fingerprint density at radius 3 is 1.65 bits per heavy atom. The molecule has 0 aliphatic carbocycles. The molecule has 2 aromatic rings. The molecule has 0 bridgehead atoms. The lowest BCUT2D eigenvalue weighted by Gasteiger charge is -2.35. The van der Waals surface area contributed by atoms with Crippen molar-refractivity contribution in [3.63, 3.8) is 0 Å². The molecule has 0 atom stereocenters. The van der Waals surface area contributed by atoms with Crippen LogP contribution in [0.4, 0.5) is 11.4 Å². The van der Waals surface area contributed by atoms with Crippen LogP contribution in [-0.2, 0) is 0 Å². The van der Waals surface area contributed by atoms with E-state index in [0.717, 1.165) is 4.48 Å². The second-order valence-electron chi connectivity index (χ2n) is 4.49. The van der Waals surface area contributed by atoms with E-state index in [4.69, 9.17) is 0 Å². The third-order valence-electron chi connectivity index (χ3n) is 3.15. The highest BCUT2D eigenvalue weighted by molar-refractivity contribution is 7.99. The molecular formula is C14H14INS. The van der Waals surface area contributed by atoms with Crippen molar-refractivity contribution in [3.8, 4) is 0 Å². The van der Waals surface area contributed by atoms with Crippen molar-refractivity contribution in [1.82, 2.24) is 4.48 Å². The van der Waals surface area contributed by atoms with E-state index in [1.165, 1.54) is 21.2 Å².